The molecule has 5 nitrogen and oxygen atoms in total. The number of hydrogen-bond donors (Lipinski definition) is 2. The monoisotopic (exact) mass is 345 g/mol. The second kappa shape index (κ2) is 7.23. The molecule has 2 aromatic rings. The van der Waals surface area contributed by atoms with Crippen molar-refractivity contribution >= 4 is 16.9 Å². The fourth-order valence-corrected chi connectivity index (χ4v) is 2.37. The molecule has 1 aromatic carbocycles. The largest absolute Gasteiger partial charge is 0.451 e. The van der Waals surface area contributed by atoms with Gasteiger partial charge in [0.1, 0.15) is 5.58 Å². The van der Waals surface area contributed by atoms with Crippen LogP contribution in [-0.4, -0.2) is 53.0 Å². The van der Waals surface area contributed by atoms with E-state index in [1.807, 2.05) is 0 Å². The molecular weight excluding hydrogens is 327 g/mol. The maximum absolute atomic E-state index is 12.6. The van der Waals surface area contributed by atoms with Crippen molar-refractivity contribution in [1.82, 2.24) is 4.90 Å². The predicted molar refractivity (Wildman–Crippen MR) is 80.6 cm³/mol. The SMILES string of the molecule is Cc1c(C(=O)N(CCC(F)(F)F)C[C@H](O)CO)oc2ccccc12. The molecule has 1 atom stereocenters. The first-order valence-electron chi connectivity index (χ1n) is 7.36. The highest BCUT2D eigenvalue weighted by molar-refractivity contribution is 5.98. The smallest absolute Gasteiger partial charge is 0.390 e. The van der Waals surface area contributed by atoms with Crippen molar-refractivity contribution in [2.45, 2.75) is 25.6 Å². The Kier molecular flexibility index (Phi) is 5.51. The van der Waals surface area contributed by atoms with Gasteiger partial charge in [-0.15, -0.1) is 0 Å². The molecule has 132 valence electrons. The van der Waals surface area contributed by atoms with Gasteiger partial charge in [-0.05, 0) is 13.0 Å². The number of furan rings is 1. The lowest BCUT2D eigenvalue weighted by Gasteiger charge is -2.24. The van der Waals surface area contributed by atoms with Gasteiger partial charge in [0.15, 0.2) is 5.76 Å². The number of amides is 1. The van der Waals surface area contributed by atoms with Crippen molar-refractivity contribution in [1.29, 1.82) is 0 Å². The van der Waals surface area contributed by atoms with E-state index in [1.165, 1.54) is 0 Å². The topological polar surface area (TPSA) is 73.9 Å². The van der Waals surface area contributed by atoms with Gasteiger partial charge in [-0.3, -0.25) is 4.79 Å². The van der Waals surface area contributed by atoms with Crippen LogP contribution in [0.25, 0.3) is 11.0 Å². The maximum atomic E-state index is 12.6. The molecule has 1 heterocycles. The summed E-state index contributed by atoms with van der Waals surface area (Å²) in [5.41, 5.74) is 0.975. The normalized spacial score (nSPS) is 13.2. The lowest BCUT2D eigenvalue weighted by Crippen LogP contribution is -2.40. The molecule has 0 spiro atoms. The summed E-state index contributed by atoms with van der Waals surface area (Å²) in [4.78, 5) is 13.4. The van der Waals surface area contributed by atoms with Crippen LogP contribution in [0.1, 0.15) is 22.5 Å². The van der Waals surface area contributed by atoms with E-state index < -0.39 is 44.3 Å². The Bertz CT molecular complexity index is 711. The van der Waals surface area contributed by atoms with Crippen LogP contribution in [-0.2, 0) is 0 Å². The van der Waals surface area contributed by atoms with Crippen molar-refractivity contribution in [2.24, 2.45) is 0 Å². The number of hydrogen-bond acceptors (Lipinski definition) is 4. The summed E-state index contributed by atoms with van der Waals surface area (Å²) in [6.45, 7) is -0.0594. The van der Waals surface area contributed by atoms with Crippen LogP contribution in [0.3, 0.4) is 0 Å². The summed E-state index contributed by atoms with van der Waals surface area (Å²) in [6.07, 6.45) is -6.98. The molecule has 0 fully saturated rings. The first kappa shape index (κ1) is 18.3. The highest BCUT2D eigenvalue weighted by atomic mass is 19.4. The van der Waals surface area contributed by atoms with E-state index in [4.69, 9.17) is 9.52 Å². The van der Waals surface area contributed by atoms with Gasteiger partial charge in [-0.1, -0.05) is 18.2 Å². The lowest BCUT2D eigenvalue weighted by atomic mass is 10.1. The molecule has 0 saturated heterocycles. The zero-order chi connectivity index (χ0) is 17.9. The zero-order valence-electron chi connectivity index (χ0n) is 13.0. The minimum Gasteiger partial charge on any atom is -0.451 e. The number of fused-ring (bicyclic) bond motifs is 1. The van der Waals surface area contributed by atoms with Gasteiger partial charge in [-0.25, -0.2) is 0 Å². The maximum Gasteiger partial charge on any atom is 0.390 e. The molecule has 2 rings (SSSR count). The first-order valence-corrected chi connectivity index (χ1v) is 7.36. The van der Waals surface area contributed by atoms with Gasteiger partial charge >= 0.3 is 6.18 Å². The van der Waals surface area contributed by atoms with Crippen molar-refractivity contribution in [2.75, 3.05) is 19.7 Å². The third kappa shape index (κ3) is 4.27. The fourth-order valence-electron chi connectivity index (χ4n) is 2.37. The van der Waals surface area contributed by atoms with Gasteiger partial charge in [0.05, 0.1) is 19.1 Å². The number of aryl methyl sites for hydroxylation is 1. The Labute approximate surface area is 136 Å². The minimum absolute atomic E-state index is 0.0662. The van der Waals surface area contributed by atoms with Gasteiger partial charge in [0.25, 0.3) is 5.91 Å². The van der Waals surface area contributed by atoms with Crippen molar-refractivity contribution < 1.29 is 32.6 Å². The number of carbonyl (C=O) groups is 1. The molecule has 1 amide bonds. The van der Waals surface area contributed by atoms with Gasteiger partial charge in [0, 0.05) is 24.0 Å². The van der Waals surface area contributed by atoms with E-state index in [1.54, 1.807) is 31.2 Å². The van der Waals surface area contributed by atoms with Crippen molar-refractivity contribution in [3.63, 3.8) is 0 Å². The summed E-state index contributed by atoms with van der Waals surface area (Å²) in [7, 11) is 0. The van der Waals surface area contributed by atoms with E-state index in [0.29, 0.717) is 16.5 Å². The molecule has 0 saturated carbocycles. The first-order chi connectivity index (χ1) is 11.2. The highest BCUT2D eigenvalue weighted by Gasteiger charge is 2.31. The third-order valence-corrected chi connectivity index (χ3v) is 3.63. The van der Waals surface area contributed by atoms with Crippen LogP contribution in [0.4, 0.5) is 13.2 Å². The molecule has 0 aliphatic heterocycles. The molecule has 2 N–H and O–H groups in total. The molecule has 0 aliphatic rings. The molecule has 24 heavy (non-hydrogen) atoms. The second-order valence-electron chi connectivity index (χ2n) is 5.51. The number of aliphatic hydroxyl groups excluding tert-OH is 2. The number of para-hydroxylation sites is 1. The molecule has 0 unspecified atom stereocenters. The van der Waals surface area contributed by atoms with Crippen LogP contribution in [0, 0.1) is 6.92 Å². The minimum atomic E-state index is -4.44. The molecule has 0 radical (unpaired) electrons. The summed E-state index contributed by atoms with van der Waals surface area (Å²) >= 11 is 0. The van der Waals surface area contributed by atoms with Crippen molar-refractivity contribution in [3.8, 4) is 0 Å². The molecule has 1 aromatic heterocycles. The Morgan fingerprint density at radius 3 is 2.58 bits per heavy atom. The van der Waals surface area contributed by atoms with Gasteiger partial charge in [0.2, 0.25) is 0 Å². The van der Waals surface area contributed by atoms with E-state index in [9.17, 15) is 23.1 Å². The van der Waals surface area contributed by atoms with E-state index in [2.05, 4.69) is 0 Å². The quantitative estimate of drug-likeness (QED) is 0.844. The summed E-state index contributed by atoms with van der Waals surface area (Å²) in [5.74, 6) is -0.816. The summed E-state index contributed by atoms with van der Waals surface area (Å²) in [6, 6.07) is 6.88. The number of benzene rings is 1. The summed E-state index contributed by atoms with van der Waals surface area (Å²) in [5, 5.41) is 19.1. The molecule has 0 aliphatic carbocycles. The number of alkyl halides is 3. The standard InChI is InChI=1S/C16H18F3NO4/c1-10-12-4-2-3-5-13(12)24-14(10)15(23)20(8-11(22)9-21)7-6-16(17,18)19/h2-5,11,21-22H,6-9H2,1H3/t11-/m0/s1. The van der Waals surface area contributed by atoms with Crippen LogP contribution >= 0.6 is 0 Å². The van der Waals surface area contributed by atoms with E-state index in [-0.39, 0.29) is 5.76 Å². The van der Waals surface area contributed by atoms with E-state index in [0.717, 1.165) is 4.90 Å². The third-order valence-electron chi connectivity index (χ3n) is 3.63. The highest BCUT2D eigenvalue weighted by Crippen LogP contribution is 2.27. The molecule has 0 bridgehead atoms. The Hall–Kier alpha value is -2.06. The number of carbonyl (C=O) groups excluding carboxylic acids is 1. The van der Waals surface area contributed by atoms with Crippen LogP contribution in [0.15, 0.2) is 28.7 Å². The van der Waals surface area contributed by atoms with Crippen LogP contribution in [0.5, 0.6) is 0 Å². The Balaban J connectivity index is 2.29. The van der Waals surface area contributed by atoms with Crippen LogP contribution < -0.4 is 0 Å². The number of halogens is 3. The number of nitrogens with zero attached hydrogens (tertiary/aromatic N) is 1. The van der Waals surface area contributed by atoms with Gasteiger partial charge in [-0.2, -0.15) is 13.2 Å². The Morgan fingerprint density at radius 2 is 2.00 bits per heavy atom. The van der Waals surface area contributed by atoms with Crippen molar-refractivity contribution in [3.05, 3.63) is 35.6 Å². The van der Waals surface area contributed by atoms with E-state index >= 15 is 0 Å². The molecular formula is C16H18F3NO4. The number of rotatable bonds is 6. The molecule has 8 heteroatoms. The van der Waals surface area contributed by atoms with Gasteiger partial charge < -0.3 is 19.5 Å². The second-order valence-corrected chi connectivity index (χ2v) is 5.51. The lowest BCUT2D eigenvalue weighted by molar-refractivity contribution is -0.137. The predicted octanol–water partition coefficient (Wildman–Crippen LogP) is 2.49. The zero-order valence-corrected chi connectivity index (χ0v) is 13.0. The number of aliphatic hydroxyl groups is 2. The average Bonchev–Trinajstić information content (AvgIpc) is 2.87. The summed E-state index contributed by atoms with van der Waals surface area (Å²) < 4.78 is 42.9. The van der Waals surface area contributed by atoms with Crippen LogP contribution in [0.2, 0.25) is 0 Å². The Morgan fingerprint density at radius 1 is 1.33 bits per heavy atom. The average molecular weight is 345 g/mol. The fraction of sp³-hybridized carbons (Fsp3) is 0.438.